The van der Waals surface area contributed by atoms with E-state index in [1.165, 1.54) is 19.3 Å². The van der Waals surface area contributed by atoms with E-state index < -0.39 is 79.7 Å². The molecule has 2 aromatic rings. The Labute approximate surface area is 429 Å². The number of rotatable bonds is 12. The summed E-state index contributed by atoms with van der Waals surface area (Å²) < 4.78 is 64.7. The maximum Gasteiger partial charge on any atom is 2.00 e. The Morgan fingerprint density at radius 2 is 0.746 bits per heavy atom. The molecule has 21 heteroatoms. The first kappa shape index (κ1) is 51.9. The topological polar surface area (TPSA) is 251 Å². The summed E-state index contributed by atoms with van der Waals surface area (Å²) in [6, 6.07) is 17.3. The molecule has 71 heavy (non-hydrogen) atoms. The number of carboxylic acid groups (broad SMARTS) is 2. The van der Waals surface area contributed by atoms with Crippen LogP contribution in [-0.2, 0) is 59.5 Å². The fourth-order valence-corrected chi connectivity index (χ4v) is 20.4. The summed E-state index contributed by atoms with van der Waals surface area (Å²) in [6.07, 6.45) is 12.2. The first-order chi connectivity index (χ1) is 33.8. The minimum atomic E-state index is -4.87. The smallest absolute Gasteiger partial charge is 0.549 e. The number of carbonyl (C=O) groups is 2. The molecule has 1 radical (unpaired) electrons. The maximum absolute atomic E-state index is 16.0. The van der Waals surface area contributed by atoms with Crippen molar-refractivity contribution in [3.8, 4) is 0 Å². The zero-order valence-electron chi connectivity index (χ0n) is 40.2. The molecule has 0 spiro atoms. The van der Waals surface area contributed by atoms with Gasteiger partial charge in [-0.15, -0.1) is 0 Å². The molecule has 18 unspecified atom stereocenters. The summed E-state index contributed by atoms with van der Waals surface area (Å²) in [4.78, 5) is 25.1. The third kappa shape index (κ3) is 10.3. The second-order valence-electron chi connectivity index (χ2n) is 22.2. The van der Waals surface area contributed by atoms with Crippen molar-refractivity contribution in [2.45, 2.75) is 163 Å². The largest absolute Gasteiger partial charge is 2.00 e. The summed E-state index contributed by atoms with van der Waals surface area (Å²) in [5, 5.41) is 53.9. The van der Waals surface area contributed by atoms with Gasteiger partial charge in [0.15, 0.2) is 0 Å². The molecule has 9 aliphatic rings. The number of carbonyl (C=O) groups excluding carboxylic acids is 2. The molecule has 0 aromatic heterocycles. The van der Waals surface area contributed by atoms with Crippen LogP contribution < -0.4 is 52.7 Å². The number of carboxylic acids is 2. The molecule has 5 aliphatic heterocycles. The predicted octanol–water partition coefficient (Wildman–Crippen LogP) is -0.276. The third-order valence-corrected chi connectivity index (χ3v) is 23.1. The summed E-state index contributed by atoms with van der Waals surface area (Å²) in [7, 11) is -9.64. The number of hydrogen-bond donors (Lipinski definition) is 8. The van der Waals surface area contributed by atoms with Gasteiger partial charge >= 0.3 is 16.8 Å². The molecule has 9 fully saturated rings. The summed E-state index contributed by atoms with van der Waals surface area (Å²) >= 11 is 0. The van der Waals surface area contributed by atoms with Gasteiger partial charge in [-0.2, -0.15) is 8.61 Å². The van der Waals surface area contributed by atoms with Crippen LogP contribution in [0.5, 0.6) is 0 Å². The van der Waals surface area contributed by atoms with Crippen LogP contribution in [0.1, 0.15) is 101 Å². The number of hydrogen-bond acceptors (Lipinski definition) is 16. The van der Waals surface area contributed by atoms with Crippen LogP contribution >= 0.6 is 0 Å². The van der Waals surface area contributed by atoms with Crippen molar-refractivity contribution in [2.24, 2.45) is 47.3 Å². The molecule has 18 atom stereocenters. The minimum absolute atomic E-state index is 0. The Balaban J connectivity index is 0.00000582. The fourth-order valence-electron chi connectivity index (χ4n) is 15.4. The molecule has 4 aliphatic carbocycles. The molecule has 2 aromatic carbocycles. The van der Waals surface area contributed by atoms with Gasteiger partial charge in [-0.05, 0) is 104 Å². The molecule has 5 heterocycles. The number of nitrogens with zero attached hydrogens (tertiary/aromatic N) is 2. The van der Waals surface area contributed by atoms with Gasteiger partial charge < -0.3 is 19.8 Å². The van der Waals surface area contributed by atoms with E-state index in [4.69, 9.17) is 0 Å². The number of sulfonamides is 2. The molecule has 0 amide bonds. The fraction of sp³-hybridized carbons (Fsp3) is 0.720. The Kier molecular flexibility index (Phi) is 15.7. The van der Waals surface area contributed by atoms with Crippen LogP contribution in [0.25, 0.3) is 0 Å². The van der Waals surface area contributed by atoms with Crippen molar-refractivity contribution >= 4 is 32.0 Å². The predicted molar refractivity (Wildman–Crippen MR) is 257 cm³/mol. The van der Waals surface area contributed by atoms with Crippen molar-refractivity contribution in [3.63, 3.8) is 0 Å². The second kappa shape index (κ2) is 21.6. The zero-order chi connectivity index (χ0) is 48.3. The van der Waals surface area contributed by atoms with Crippen molar-refractivity contribution in [1.82, 2.24) is 51.1 Å². The van der Waals surface area contributed by atoms with Gasteiger partial charge in [0.2, 0.25) is 20.0 Å². The van der Waals surface area contributed by atoms with Gasteiger partial charge in [0.05, 0.1) is 84.9 Å². The minimum Gasteiger partial charge on any atom is -0.549 e. The van der Waals surface area contributed by atoms with Crippen molar-refractivity contribution in [2.75, 3.05) is 13.1 Å². The summed E-state index contributed by atoms with van der Waals surface area (Å²) in [5.74, 6) is -2.46. The molecule has 8 N–H and O–H groups in total. The van der Waals surface area contributed by atoms with E-state index in [2.05, 4.69) is 42.5 Å². The van der Waals surface area contributed by atoms with Crippen LogP contribution in [-0.4, -0.2) is 110 Å². The number of aliphatic carboxylic acids is 2. The molecule has 391 valence electrons. The molecular weight excluding hydrogens is 992 g/mol. The number of nitrogens with one attached hydrogen (secondary N) is 8. The monoisotopic (exact) mass is 1060 g/mol. The van der Waals surface area contributed by atoms with Crippen molar-refractivity contribution in [3.05, 3.63) is 71.8 Å². The van der Waals surface area contributed by atoms with Crippen LogP contribution in [0.4, 0.5) is 0 Å². The van der Waals surface area contributed by atoms with Crippen LogP contribution in [0, 0.1) is 47.3 Å². The third-order valence-electron chi connectivity index (χ3n) is 18.4. The van der Waals surface area contributed by atoms with Crippen molar-refractivity contribution < 1.29 is 53.4 Å². The van der Waals surface area contributed by atoms with Crippen LogP contribution in [0.2, 0.25) is 0 Å². The molecule has 11 rings (SSSR count). The first-order valence-corrected chi connectivity index (χ1v) is 29.4. The molecule has 4 saturated carbocycles. The van der Waals surface area contributed by atoms with E-state index in [1.807, 2.05) is 0 Å². The Hall–Kier alpha value is -2.61. The van der Waals surface area contributed by atoms with Gasteiger partial charge in [0.1, 0.15) is 0 Å². The maximum atomic E-state index is 16.0. The van der Waals surface area contributed by atoms with Crippen molar-refractivity contribution in [1.29, 1.82) is 0 Å². The van der Waals surface area contributed by atoms with E-state index in [0.717, 1.165) is 66.4 Å². The SMILES string of the molecule is O=C([O-])CN(Cc1ccccc1)S(=O)(=O)C1CCC2C3NC4NC(NC5NC(NC6NC(NC(N3)C2C1S(=O)(=O)N(CC(=O)[O-])Cc1ccccc1)C1CCCCC61)C1CCCCC51)C1CCCCC41.[Co+2]. The van der Waals surface area contributed by atoms with Gasteiger partial charge in [-0.3, -0.25) is 42.5 Å². The summed E-state index contributed by atoms with van der Waals surface area (Å²) in [6.45, 7) is -2.64. The van der Waals surface area contributed by atoms with E-state index in [1.54, 1.807) is 60.7 Å². The Morgan fingerprint density at radius 3 is 1.08 bits per heavy atom. The zero-order valence-corrected chi connectivity index (χ0v) is 42.9. The quantitative estimate of drug-likeness (QED) is 0.136. The second-order valence-corrected chi connectivity index (χ2v) is 26.4. The standard InChI is InChI=1S/C50H74N10O8S2.Co/c61-39(62)27-59(25-29-13-3-1-4-14-29)69(65,66)38-24-23-37-41(42(38)70(67,68)60(28-40(63)64)26-30-15-5-2-6-16-30)50-57-48-36-22-12-11-21-35(36)46(55-48)53-44-32-18-8-7-17-31(32)43(51-44)52-45-33-19-9-10-20-34(33)47(54-45)56-49(37)58-50;/h1-6,13-16,31-38,41-58H,7-12,17-28H2,(H,61,62)(H,63,64);/q;+2/p-2. The van der Waals surface area contributed by atoms with E-state index >= 15 is 16.8 Å². The summed E-state index contributed by atoms with van der Waals surface area (Å²) in [5.41, 5.74) is 1.05. The number of benzene rings is 2. The number of fused-ring (bicyclic) bond motifs is 20. The van der Waals surface area contributed by atoms with Crippen LogP contribution in [0.15, 0.2) is 60.7 Å². The normalized spacial score (nSPS) is 40.0. The van der Waals surface area contributed by atoms with Gasteiger partial charge in [0, 0.05) is 19.0 Å². The van der Waals surface area contributed by atoms with E-state index in [9.17, 15) is 19.8 Å². The first-order valence-electron chi connectivity index (χ1n) is 26.4. The average molecular weight is 1060 g/mol. The Morgan fingerprint density at radius 1 is 0.437 bits per heavy atom. The van der Waals surface area contributed by atoms with Gasteiger partial charge in [-0.1, -0.05) is 99.2 Å². The Bertz CT molecular complexity index is 2420. The molecular formula is C50H72CoN10O8S2. The van der Waals surface area contributed by atoms with E-state index in [0.29, 0.717) is 47.1 Å². The van der Waals surface area contributed by atoms with Gasteiger partial charge in [0.25, 0.3) is 0 Å². The van der Waals surface area contributed by atoms with Crippen LogP contribution in [0.3, 0.4) is 0 Å². The molecule has 5 saturated heterocycles. The average Bonchev–Trinajstić information content (AvgIpc) is 4.09. The molecule has 8 bridgehead atoms. The van der Waals surface area contributed by atoms with E-state index in [-0.39, 0.29) is 79.2 Å². The van der Waals surface area contributed by atoms with Gasteiger partial charge in [-0.25, -0.2) is 16.8 Å². The molecule has 18 nitrogen and oxygen atoms in total.